The third-order valence-electron chi connectivity index (χ3n) is 5.12. The summed E-state index contributed by atoms with van der Waals surface area (Å²) in [5.41, 5.74) is 10.3. The molecule has 146 valence electrons. The van der Waals surface area contributed by atoms with Crippen LogP contribution in [0.15, 0.2) is 76.9 Å². The Bertz CT molecular complexity index is 920. The van der Waals surface area contributed by atoms with Crippen molar-refractivity contribution in [1.29, 1.82) is 0 Å². The molecule has 0 saturated carbocycles. The number of benzene rings is 2. The lowest BCUT2D eigenvalue weighted by Crippen LogP contribution is -2.13. The van der Waals surface area contributed by atoms with E-state index in [2.05, 4.69) is 87.5 Å². The van der Waals surface area contributed by atoms with Gasteiger partial charge in [0.05, 0.1) is 0 Å². The summed E-state index contributed by atoms with van der Waals surface area (Å²) in [5.74, 6) is 2.08. The zero-order valence-electron chi connectivity index (χ0n) is 17.3. The van der Waals surface area contributed by atoms with Crippen molar-refractivity contribution in [3.05, 3.63) is 94.2 Å². The lowest BCUT2D eigenvalue weighted by Gasteiger charge is -2.21. The minimum absolute atomic E-state index is 0.804. The first-order chi connectivity index (χ1) is 13.5. The Balaban J connectivity index is 1.73. The average Bonchev–Trinajstić information content (AvgIpc) is 2.70. The number of fused-ring (bicyclic) bond motifs is 1. The highest BCUT2D eigenvalue weighted by Crippen LogP contribution is 2.38. The molecule has 2 aromatic rings. The van der Waals surface area contributed by atoms with Crippen LogP contribution in [0.4, 0.5) is 0 Å². The molecule has 3 heteroatoms. The van der Waals surface area contributed by atoms with Crippen molar-refractivity contribution < 1.29 is 0 Å². The van der Waals surface area contributed by atoms with Crippen LogP contribution in [0.2, 0.25) is 0 Å². The van der Waals surface area contributed by atoms with Gasteiger partial charge >= 0.3 is 0 Å². The predicted molar refractivity (Wildman–Crippen MR) is 128 cm³/mol. The van der Waals surface area contributed by atoms with Gasteiger partial charge in [-0.2, -0.15) is 11.8 Å². The standard InChI is InChI=1S/C25H29NS2/c1-17-6-8-21(9-7-17)14-26-20(4)18(2)12-23-16-28-25-11-10-22(15-27-5)13-24(25)19(23)3/h6-13,26H,4,14-16H2,1-3,5H3/b18-12+. The normalized spacial score (nSPS) is 14.1. The summed E-state index contributed by atoms with van der Waals surface area (Å²) in [6.45, 7) is 11.6. The molecule has 0 aromatic heterocycles. The van der Waals surface area contributed by atoms with Gasteiger partial charge in [-0.1, -0.05) is 48.6 Å². The van der Waals surface area contributed by atoms with E-state index in [9.17, 15) is 0 Å². The van der Waals surface area contributed by atoms with E-state index in [-0.39, 0.29) is 0 Å². The number of thioether (sulfide) groups is 2. The summed E-state index contributed by atoms with van der Waals surface area (Å²) in [6.07, 6.45) is 4.46. The van der Waals surface area contributed by atoms with Crippen LogP contribution in [-0.4, -0.2) is 12.0 Å². The van der Waals surface area contributed by atoms with Gasteiger partial charge in [0, 0.05) is 28.6 Å². The van der Waals surface area contributed by atoms with E-state index in [1.165, 1.54) is 43.9 Å². The predicted octanol–water partition coefficient (Wildman–Crippen LogP) is 6.99. The van der Waals surface area contributed by atoms with Gasteiger partial charge in [0.2, 0.25) is 0 Å². The first kappa shape index (κ1) is 20.9. The van der Waals surface area contributed by atoms with Gasteiger partial charge < -0.3 is 5.32 Å². The summed E-state index contributed by atoms with van der Waals surface area (Å²) in [5, 5.41) is 3.47. The van der Waals surface area contributed by atoms with Crippen LogP contribution in [0.25, 0.3) is 5.57 Å². The van der Waals surface area contributed by atoms with Gasteiger partial charge in [-0.25, -0.2) is 0 Å². The smallest absolute Gasteiger partial charge is 0.0400 e. The van der Waals surface area contributed by atoms with Crippen LogP contribution in [0, 0.1) is 6.92 Å². The Morgan fingerprint density at radius 2 is 1.86 bits per heavy atom. The first-order valence-corrected chi connectivity index (χ1v) is 12.0. The van der Waals surface area contributed by atoms with Gasteiger partial charge in [-0.15, -0.1) is 11.8 Å². The largest absolute Gasteiger partial charge is 0.381 e. The quantitative estimate of drug-likeness (QED) is 0.497. The summed E-state index contributed by atoms with van der Waals surface area (Å²) >= 11 is 3.80. The maximum Gasteiger partial charge on any atom is 0.0400 e. The lowest BCUT2D eigenvalue weighted by molar-refractivity contribution is 0.822. The minimum atomic E-state index is 0.804. The van der Waals surface area contributed by atoms with Gasteiger partial charge in [0.15, 0.2) is 0 Å². The van der Waals surface area contributed by atoms with Crippen LogP contribution in [0.5, 0.6) is 0 Å². The first-order valence-electron chi connectivity index (χ1n) is 9.59. The number of rotatable bonds is 7. The maximum atomic E-state index is 4.25. The zero-order valence-corrected chi connectivity index (χ0v) is 18.9. The fourth-order valence-corrected chi connectivity index (χ4v) is 4.90. The lowest BCUT2D eigenvalue weighted by atomic mass is 9.98. The van der Waals surface area contributed by atoms with E-state index in [0.29, 0.717) is 0 Å². The molecule has 28 heavy (non-hydrogen) atoms. The van der Waals surface area contributed by atoms with Gasteiger partial charge in [-0.3, -0.25) is 0 Å². The van der Waals surface area contributed by atoms with Crippen LogP contribution < -0.4 is 5.32 Å². The molecule has 0 unspecified atom stereocenters. The van der Waals surface area contributed by atoms with Gasteiger partial charge in [-0.05, 0) is 72.6 Å². The number of nitrogens with one attached hydrogen (secondary N) is 1. The number of hydrogen-bond acceptors (Lipinski definition) is 3. The van der Waals surface area contributed by atoms with E-state index in [1.54, 1.807) is 0 Å². The highest BCUT2D eigenvalue weighted by atomic mass is 32.2. The molecule has 1 nitrogen and oxygen atoms in total. The molecule has 0 atom stereocenters. The molecule has 1 aliphatic heterocycles. The third kappa shape index (κ3) is 5.15. The Kier molecular flexibility index (Phi) is 7.14. The fraction of sp³-hybridized carbons (Fsp3) is 0.280. The molecule has 1 aliphatic rings. The Morgan fingerprint density at radius 1 is 1.14 bits per heavy atom. The summed E-state index contributed by atoms with van der Waals surface area (Å²) < 4.78 is 0. The second-order valence-corrected chi connectivity index (χ2v) is 9.23. The van der Waals surface area contributed by atoms with Crippen molar-refractivity contribution in [1.82, 2.24) is 5.32 Å². The van der Waals surface area contributed by atoms with E-state index in [0.717, 1.165) is 23.7 Å². The number of aryl methyl sites for hydroxylation is 1. The average molecular weight is 408 g/mol. The molecule has 1 N–H and O–H groups in total. The van der Waals surface area contributed by atoms with E-state index < -0.39 is 0 Å². The van der Waals surface area contributed by atoms with Crippen LogP contribution in [-0.2, 0) is 12.3 Å². The maximum absolute atomic E-state index is 4.25. The molecule has 0 bridgehead atoms. The molecule has 2 aromatic carbocycles. The van der Waals surface area contributed by atoms with E-state index >= 15 is 0 Å². The van der Waals surface area contributed by atoms with Crippen molar-refractivity contribution in [3.63, 3.8) is 0 Å². The molecule has 0 spiro atoms. The topological polar surface area (TPSA) is 12.0 Å². The molecule has 0 radical (unpaired) electrons. The molecule has 0 amide bonds. The molecule has 3 rings (SSSR count). The van der Waals surface area contributed by atoms with E-state index in [4.69, 9.17) is 0 Å². The monoisotopic (exact) mass is 407 g/mol. The van der Waals surface area contributed by atoms with Crippen molar-refractivity contribution in [2.24, 2.45) is 0 Å². The molecule has 0 fully saturated rings. The second-order valence-electron chi connectivity index (χ2n) is 7.35. The van der Waals surface area contributed by atoms with Crippen molar-refractivity contribution in [2.75, 3.05) is 12.0 Å². The van der Waals surface area contributed by atoms with Gasteiger partial charge in [0.25, 0.3) is 0 Å². The Labute approximate surface area is 178 Å². The van der Waals surface area contributed by atoms with Crippen LogP contribution >= 0.6 is 23.5 Å². The SMILES string of the molecule is C=C(NCc1ccc(C)cc1)/C(C)=C/C1=C(C)c2cc(CSC)ccc2SC1. The molecular weight excluding hydrogens is 378 g/mol. The van der Waals surface area contributed by atoms with Crippen LogP contribution in [0.3, 0.4) is 0 Å². The molecule has 1 heterocycles. The van der Waals surface area contributed by atoms with Gasteiger partial charge in [0.1, 0.15) is 0 Å². The summed E-state index contributed by atoms with van der Waals surface area (Å²) in [4.78, 5) is 1.40. The van der Waals surface area contributed by atoms with Crippen molar-refractivity contribution >= 4 is 29.1 Å². The van der Waals surface area contributed by atoms with Crippen LogP contribution in [0.1, 0.15) is 36.1 Å². The molecular formula is C25H29NS2. The van der Waals surface area contributed by atoms with Crippen molar-refractivity contribution in [3.8, 4) is 0 Å². The van der Waals surface area contributed by atoms with E-state index in [1.807, 2.05) is 23.5 Å². The zero-order chi connectivity index (χ0) is 20.1. The summed E-state index contributed by atoms with van der Waals surface area (Å²) in [6, 6.07) is 15.5. The highest BCUT2D eigenvalue weighted by molar-refractivity contribution is 7.99. The Morgan fingerprint density at radius 3 is 2.57 bits per heavy atom. The molecule has 0 saturated heterocycles. The number of hydrogen-bond donors (Lipinski definition) is 1. The minimum Gasteiger partial charge on any atom is -0.381 e. The highest BCUT2D eigenvalue weighted by Gasteiger charge is 2.16. The second kappa shape index (κ2) is 9.58. The Hall–Kier alpha value is -1.84. The van der Waals surface area contributed by atoms with Crippen molar-refractivity contribution in [2.45, 2.75) is 38.0 Å². The molecule has 0 aliphatic carbocycles. The fourth-order valence-electron chi connectivity index (χ4n) is 3.24. The summed E-state index contributed by atoms with van der Waals surface area (Å²) in [7, 11) is 0. The number of allylic oxidation sites excluding steroid dienone is 3. The third-order valence-corrected chi connectivity index (χ3v) is 6.86.